The summed E-state index contributed by atoms with van der Waals surface area (Å²) < 4.78 is 5.15. The molecular formula is C18H18ClNO3S. The van der Waals surface area contributed by atoms with E-state index in [0.29, 0.717) is 21.2 Å². The normalized spacial score (nSPS) is 10.2. The average molecular weight is 364 g/mol. The van der Waals surface area contributed by atoms with Crippen LogP contribution in [0.15, 0.2) is 41.3 Å². The van der Waals surface area contributed by atoms with Crippen LogP contribution in [-0.2, 0) is 9.53 Å². The van der Waals surface area contributed by atoms with Gasteiger partial charge in [0.15, 0.2) is 0 Å². The molecule has 24 heavy (non-hydrogen) atoms. The van der Waals surface area contributed by atoms with E-state index in [1.54, 1.807) is 19.1 Å². The van der Waals surface area contributed by atoms with Crippen molar-refractivity contribution in [2.75, 3.05) is 11.9 Å². The number of hydrogen-bond donors (Lipinski definition) is 1. The lowest BCUT2D eigenvalue weighted by atomic mass is 10.0. The number of allylic oxidation sites excluding steroid dienone is 1. The Labute approximate surface area is 150 Å². The van der Waals surface area contributed by atoms with Crippen LogP contribution in [0, 0.1) is 0 Å². The molecule has 1 heterocycles. The summed E-state index contributed by atoms with van der Waals surface area (Å²) in [5.74, 6) is -0.735. The van der Waals surface area contributed by atoms with Crippen LogP contribution in [0.1, 0.15) is 31.1 Å². The Morgan fingerprint density at radius 3 is 2.50 bits per heavy atom. The van der Waals surface area contributed by atoms with Gasteiger partial charge in [0.25, 0.3) is 0 Å². The van der Waals surface area contributed by atoms with Gasteiger partial charge in [-0.3, -0.25) is 4.79 Å². The monoisotopic (exact) mass is 363 g/mol. The highest BCUT2D eigenvalue weighted by Gasteiger charge is 2.22. The lowest BCUT2D eigenvalue weighted by Gasteiger charge is -2.08. The fraction of sp³-hybridized carbons (Fsp3) is 0.222. The molecule has 0 aliphatic carbocycles. The molecule has 0 unspecified atom stereocenters. The first kappa shape index (κ1) is 18.2. The number of carbonyl (C=O) groups excluding carboxylic acids is 2. The summed E-state index contributed by atoms with van der Waals surface area (Å²) in [5, 5.41) is 5.67. The summed E-state index contributed by atoms with van der Waals surface area (Å²) in [6.45, 7) is 5.67. The Balaban J connectivity index is 2.45. The smallest absolute Gasteiger partial charge is 0.341 e. The predicted molar refractivity (Wildman–Crippen MR) is 98.8 cm³/mol. The molecule has 2 rings (SSSR count). The number of anilines is 1. The molecule has 0 spiro atoms. The maximum absolute atomic E-state index is 12.4. The second-order valence-electron chi connectivity index (χ2n) is 5.29. The fourth-order valence-corrected chi connectivity index (χ4v) is 3.19. The molecule has 1 aromatic carbocycles. The summed E-state index contributed by atoms with van der Waals surface area (Å²) in [6.07, 6.45) is 1.48. The van der Waals surface area contributed by atoms with Gasteiger partial charge in [0.2, 0.25) is 5.91 Å². The summed E-state index contributed by atoms with van der Waals surface area (Å²) >= 11 is 7.21. The van der Waals surface area contributed by atoms with Crippen molar-refractivity contribution in [3.63, 3.8) is 0 Å². The van der Waals surface area contributed by atoms with Gasteiger partial charge in [-0.25, -0.2) is 4.79 Å². The van der Waals surface area contributed by atoms with Crippen LogP contribution in [0.25, 0.3) is 11.1 Å². The van der Waals surface area contributed by atoms with Gasteiger partial charge < -0.3 is 10.1 Å². The first-order valence-corrected chi connectivity index (χ1v) is 8.68. The minimum atomic E-state index is -0.462. The number of nitrogens with one attached hydrogen (secondary N) is 1. The molecule has 0 saturated carbocycles. The van der Waals surface area contributed by atoms with E-state index in [2.05, 4.69) is 5.32 Å². The molecule has 4 nitrogen and oxygen atoms in total. The quantitative estimate of drug-likeness (QED) is 0.590. The summed E-state index contributed by atoms with van der Waals surface area (Å²) in [4.78, 5) is 24.4. The highest BCUT2D eigenvalue weighted by molar-refractivity contribution is 7.15. The molecular weight excluding hydrogens is 346 g/mol. The number of amides is 1. The second kappa shape index (κ2) is 8.13. The van der Waals surface area contributed by atoms with E-state index >= 15 is 0 Å². The Bertz CT molecular complexity index is 774. The molecule has 0 aliphatic rings. The van der Waals surface area contributed by atoms with Gasteiger partial charge in [-0.2, -0.15) is 0 Å². The van der Waals surface area contributed by atoms with E-state index in [9.17, 15) is 9.59 Å². The molecule has 0 saturated heterocycles. The number of esters is 1. The number of benzene rings is 1. The summed E-state index contributed by atoms with van der Waals surface area (Å²) in [5.41, 5.74) is 2.78. The van der Waals surface area contributed by atoms with E-state index in [0.717, 1.165) is 11.1 Å². The zero-order valence-corrected chi connectivity index (χ0v) is 15.3. The van der Waals surface area contributed by atoms with Crippen molar-refractivity contribution in [2.24, 2.45) is 0 Å². The third-order valence-corrected chi connectivity index (χ3v) is 4.23. The molecule has 2 aromatic rings. The zero-order valence-electron chi connectivity index (χ0n) is 13.7. The lowest BCUT2D eigenvalue weighted by molar-refractivity contribution is -0.111. The number of rotatable bonds is 5. The molecule has 6 heteroatoms. The van der Waals surface area contributed by atoms with Crippen LogP contribution in [0.4, 0.5) is 5.00 Å². The minimum Gasteiger partial charge on any atom is -0.462 e. The van der Waals surface area contributed by atoms with Crippen LogP contribution < -0.4 is 5.32 Å². The SMILES string of the molecule is CCOC(=O)c1c(-c2ccc(Cl)cc2)csc1NC(=O)C=C(C)C. The lowest BCUT2D eigenvalue weighted by Crippen LogP contribution is -2.12. The highest BCUT2D eigenvalue weighted by atomic mass is 35.5. The number of carbonyl (C=O) groups is 2. The van der Waals surface area contributed by atoms with Gasteiger partial charge >= 0.3 is 5.97 Å². The molecule has 0 radical (unpaired) electrons. The van der Waals surface area contributed by atoms with Crippen LogP contribution in [0.2, 0.25) is 5.02 Å². The molecule has 0 atom stereocenters. The maximum atomic E-state index is 12.4. The van der Waals surface area contributed by atoms with Crippen molar-refractivity contribution >= 4 is 39.8 Å². The molecule has 126 valence electrons. The van der Waals surface area contributed by atoms with Crippen molar-refractivity contribution in [3.05, 3.63) is 51.9 Å². The first-order chi connectivity index (χ1) is 11.4. The standard InChI is InChI=1S/C18H18ClNO3S/c1-4-23-18(22)16-14(12-5-7-13(19)8-6-12)10-24-17(16)20-15(21)9-11(2)3/h5-10H,4H2,1-3H3,(H,20,21). The fourth-order valence-electron chi connectivity index (χ4n) is 2.11. The number of thiophene rings is 1. The average Bonchev–Trinajstić information content (AvgIpc) is 2.91. The van der Waals surface area contributed by atoms with Gasteiger partial charge in [-0.15, -0.1) is 11.3 Å². The van der Waals surface area contributed by atoms with Crippen molar-refractivity contribution in [2.45, 2.75) is 20.8 Å². The van der Waals surface area contributed by atoms with Gasteiger partial charge in [0.1, 0.15) is 10.6 Å². The third kappa shape index (κ3) is 4.46. The Hall–Kier alpha value is -2.11. The molecule has 1 aromatic heterocycles. The van der Waals surface area contributed by atoms with Crippen LogP contribution in [0.3, 0.4) is 0 Å². The Morgan fingerprint density at radius 1 is 1.25 bits per heavy atom. The van der Waals surface area contributed by atoms with Gasteiger partial charge in [0.05, 0.1) is 6.61 Å². The van der Waals surface area contributed by atoms with E-state index in [1.165, 1.54) is 17.4 Å². The van der Waals surface area contributed by atoms with Gasteiger partial charge in [-0.05, 0) is 38.5 Å². The summed E-state index contributed by atoms with van der Waals surface area (Å²) in [6, 6.07) is 7.17. The third-order valence-electron chi connectivity index (χ3n) is 3.08. The van der Waals surface area contributed by atoms with E-state index in [-0.39, 0.29) is 12.5 Å². The molecule has 0 fully saturated rings. The number of ether oxygens (including phenoxy) is 1. The van der Waals surface area contributed by atoms with Gasteiger partial charge in [-0.1, -0.05) is 29.3 Å². The molecule has 0 bridgehead atoms. The van der Waals surface area contributed by atoms with Crippen molar-refractivity contribution in [3.8, 4) is 11.1 Å². The zero-order chi connectivity index (χ0) is 17.7. The second-order valence-corrected chi connectivity index (χ2v) is 6.61. The summed E-state index contributed by atoms with van der Waals surface area (Å²) in [7, 11) is 0. The topological polar surface area (TPSA) is 55.4 Å². The number of hydrogen-bond acceptors (Lipinski definition) is 4. The predicted octanol–water partition coefficient (Wildman–Crippen LogP) is 5.15. The van der Waals surface area contributed by atoms with Crippen molar-refractivity contribution in [1.82, 2.24) is 0 Å². The van der Waals surface area contributed by atoms with E-state index < -0.39 is 5.97 Å². The molecule has 1 amide bonds. The van der Waals surface area contributed by atoms with Crippen LogP contribution in [0.5, 0.6) is 0 Å². The van der Waals surface area contributed by atoms with E-state index in [1.807, 2.05) is 31.4 Å². The molecule has 1 N–H and O–H groups in total. The Morgan fingerprint density at radius 2 is 1.92 bits per heavy atom. The largest absolute Gasteiger partial charge is 0.462 e. The first-order valence-electron chi connectivity index (χ1n) is 7.42. The van der Waals surface area contributed by atoms with E-state index in [4.69, 9.17) is 16.3 Å². The molecule has 0 aliphatic heterocycles. The van der Waals surface area contributed by atoms with Crippen LogP contribution in [-0.4, -0.2) is 18.5 Å². The maximum Gasteiger partial charge on any atom is 0.341 e. The minimum absolute atomic E-state index is 0.260. The highest BCUT2D eigenvalue weighted by Crippen LogP contribution is 2.36. The van der Waals surface area contributed by atoms with Crippen molar-refractivity contribution < 1.29 is 14.3 Å². The number of halogens is 1. The van der Waals surface area contributed by atoms with Crippen LogP contribution >= 0.6 is 22.9 Å². The van der Waals surface area contributed by atoms with Gasteiger partial charge in [0, 0.05) is 22.0 Å². The Kier molecular flexibility index (Phi) is 6.17. The van der Waals surface area contributed by atoms with Crippen molar-refractivity contribution in [1.29, 1.82) is 0 Å².